The molecule has 0 aromatic heterocycles. The highest BCUT2D eigenvalue weighted by molar-refractivity contribution is 5.72. The fourth-order valence-electron chi connectivity index (χ4n) is 1.73. The summed E-state index contributed by atoms with van der Waals surface area (Å²) in [6.45, 7) is 2.23. The lowest BCUT2D eigenvalue weighted by atomic mass is 10.2. The Morgan fingerprint density at radius 3 is 2.29 bits per heavy atom. The van der Waals surface area contributed by atoms with Gasteiger partial charge < -0.3 is 19.4 Å². The van der Waals surface area contributed by atoms with Crippen LogP contribution in [0, 0.1) is 0 Å². The number of nitrogens with zero attached hydrogens (tertiary/aromatic N) is 1. The van der Waals surface area contributed by atoms with Crippen LogP contribution in [0.2, 0.25) is 0 Å². The lowest BCUT2D eigenvalue weighted by Gasteiger charge is -2.28. The molecule has 0 saturated carbocycles. The van der Waals surface area contributed by atoms with Gasteiger partial charge in [0.2, 0.25) is 0 Å². The summed E-state index contributed by atoms with van der Waals surface area (Å²) in [6, 6.07) is 0. The number of carboxylic acid groups (broad SMARTS) is 1. The van der Waals surface area contributed by atoms with Crippen molar-refractivity contribution in [2.45, 2.75) is 32.0 Å². The van der Waals surface area contributed by atoms with E-state index in [2.05, 4.69) is 0 Å². The first kappa shape index (κ1) is 19.3. The average Bonchev–Trinajstić information content (AvgIpc) is 2.25. The Morgan fingerprint density at radius 2 is 1.81 bits per heavy atom. The Hall–Kier alpha value is -1.66. The molecule has 120 valence electrons. The zero-order valence-corrected chi connectivity index (χ0v) is 13.2. The van der Waals surface area contributed by atoms with Crippen LogP contribution in [0.15, 0.2) is 24.3 Å². The number of ether oxygens (including phenoxy) is 1. The summed E-state index contributed by atoms with van der Waals surface area (Å²) in [5, 5.41) is 18.5. The third kappa shape index (κ3) is 11.8. The van der Waals surface area contributed by atoms with Gasteiger partial charge in [-0.2, -0.15) is 0 Å². The van der Waals surface area contributed by atoms with Gasteiger partial charge in [-0.1, -0.05) is 24.3 Å². The number of aliphatic hydroxyl groups excluding tert-OH is 1. The number of rotatable bonds is 9. The van der Waals surface area contributed by atoms with Gasteiger partial charge in [0.25, 0.3) is 0 Å². The lowest BCUT2D eigenvalue weighted by Crippen LogP contribution is -2.44. The number of aliphatic hydroxyl groups is 1. The topological polar surface area (TPSA) is 83.8 Å². The van der Waals surface area contributed by atoms with Gasteiger partial charge >= 0.3 is 11.9 Å². The van der Waals surface area contributed by atoms with E-state index >= 15 is 0 Å². The fourth-order valence-corrected chi connectivity index (χ4v) is 1.73. The molecule has 2 atom stereocenters. The summed E-state index contributed by atoms with van der Waals surface area (Å²) in [4.78, 5) is 22.5. The summed E-state index contributed by atoms with van der Waals surface area (Å²) in [6.07, 6.45) is 4.56. The van der Waals surface area contributed by atoms with Crippen LogP contribution < -0.4 is 0 Å². The van der Waals surface area contributed by atoms with Crippen LogP contribution in [0.5, 0.6) is 0 Å². The largest absolute Gasteiger partial charge is 0.481 e. The predicted molar refractivity (Wildman–Crippen MR) is 79.6 cm³/mol. The van der Waals surface area contributed by atoms with Crippen LogP contribution in [0.25, 0.3) is 0 Å². The number of aliphatic carboxylic acids is 1. The summed E-state index contributed by atoms with van der Waals surface area (Å²) in [5.74, 6) is -1.62. The summed E-state index contributed by atoms with van der Waals surface area (Å²) < 4.78 is 5.65. The number of carboxylic acids is 1. The SMILES string of the molecule is C/C=C/C=C/C(O)CC(=O)OC(CC(=O)O)C[N+](C)(C)C. The van der Waals surface area contributed by atoms with Crippen molar-refractivity contribution in [1.29, 1.82) is 0 Å². The Morgan fingerprint density at radius 1 is 1.19 bits per heavy atom. The van der Waals surface area contributed by atoms with Gasteiger partial charge in [0.1, 0.15) is 6.54 Å². The van der Waals surface area contributed by atoms with E-state index < -0.39 is 24.1 Å². The minimum Gasteiger partial charge on any atom is -0.481 e. The first-order valence-corrected chi connectivity index (χ1v) is 6.83. The molecule has 0 aliphatic carbocycles. The van der Waals surface area contributed by atoms with Gasteiger partial charge in [-0.3, -0.25) is 9.59 Å². The number of likely N-dealkylation sites (N-methyl/N-ethyl adjacent to an activating group) is 1. The molecule has 6 heteroatoms. The molecule has 21 heavy (non-hydrogen) atoms. The van der Waals surface area contributed by atoms with Crippen LogP contribution in [0.1, 0.15) is 19.8 Å². The number of hydrogen-bond donors (Lipinski definition) is 2. The molecule has 6 nitrogen and oxygen atoms in total. The van der Waals surface area contributed by atoms with Crippen molar-refractivity contribution in [3.05, 3.63) is 24.3 Å². The minimum atomic E-state index is -1.02. The van der Waals surface area contributed by atoms with Crippen molar-refractivity contribution >= 4 is 11.9 Å². The quantitative estimate of drug-likeness (QED) is 0.376. The van der Waals surface area contributed by atoms with E-state index in [-0.39, 0.29) is 12.8 Å². The molecule has 0 aromatic carbocycles. The highest BCUT2D eigenvalue weighted by Gasteiger charge is 2.25. The second-order valence-electron chi connectivity index (χ2n) is 5.86. The molecule has 0 amide bonds. The van der Waals surface area contributed by atoms with Gasteiger partial charge in [-0.05, 0) is 6.92 Å². The van der Waals surface area contributed by atoms with Crippen molar-refractivity contribution in [2.75, 3.05) is 27.7 Å². The Bertz CT molecular complexity index is 395. The van der Waals surface area contributed by atoms with Gasteiger partial charge in [-0.15, -0.1) is 0 Å². The number of quaternary nitrogens is 1. The molecule has 0 aliphatic heterocycles. The molecule has 0 aliphatic rings. The van der Waals surface area contributed by atoms with Gasteiger partial charge in [0, 0.05) is 0 Å². The lowest BCUT2D eigenvalue weighted by molar-refractivity contribution is -0.873. The maximum atomic E-state index is 11.7. The van der Waals surface area contributed by atoms with E-state index in [0.717, 1.165) is 0 Å². The molecule has 0 aromatic rings. The predicted octanol–water partition coefficient (Wildman–Crippen LogP) is 0.962. The first-order chi connectivity index (χ1) is 9.64. The second kappa shape index (κ2) is 9.31. The molecule has 0 spiro atoms. The zero-order valence-electron chi connectivity index (χ0n) is 13.2. The van der Waals surface area contributed by atoms with Crippen molar-refractivity contribution in [1.82, 2.24) is 0 Å². The molecular weight excluding hydrogens is 274 g/mol. The van der Waals surface area contributed by atoms with Crippen LogP contribution >= 0.6 is 0 Å². The van der Waals surface area contributed by atoms with Gasteiger partial charge in [0.15, 0.2) is 6.10 Å². The van der Waals surface area contributed by atoms with Crippen LogP contribution in [-0.2, 0) is 14.3 Å². The molecule has 0 fully saturated rings. The van der Waals surface area contributed by atoms with E-state index in [9.17, 15) is 14.7 Å². The second-order valence-corrected chi connectivity index (χ2v) is 5.86. The highest BCUT2D eigenvalue weighted by atomic mass is 16.5. The number of carbonyl (C=O) groups is 2. The van der Waals surface area contributed by atoms with E-state index in [1.165, 1.54) is 6.08 Å². The Kier molecular flexibility index (Phi) is 8.57. The van der Waals surface area contributed by atoms with Crippen LogP contribution in [-0.4, -0.2) is 66.5 Å². The summed E-state index contributed by atoms with van der Waals surface area (Å²) in [5.41, 5.74) is 0. The third-order valence-electron chi connectivity index (χ3n) is 2.46. The number of carbonyl (C=O) groups excluding carboxylic acids is 1. The maximum absolute atomic E-state index is 11.7. The number of esters is 1. The van der Waals surface area contributed by atoms with Crippen molar-refractivity contribution in [3.63, 3.8) is 0 Å². The maximum Gasteiger partial charge on any atom is 0.309 e. The first-order valence-electron chi connectivity index (χ1n) is 6.83. The van der Waals surface area contributed by atoms with E-state index in [0.29, 0.717) is 11.0 Å². The summed E-state index contributed by atoms with van der Waals surface area (Å²) >= 11 is 0. The Labute approximate surface area is 125 Å². The minimum absolute atomic E-state index is 0.193. The number of allylic oxidation sites excluding steroid dienone is 3. The van der Waals surface area contributed by atoms with Crippen molar-refractivity contribution < 1.29 is 29.0 Å². The summed E-state index contributed by atoms with van der Waals surface area (Å²) in [7, 11) is 5.66. The fraction of sp³-hybridized carbons (Fsp3) is 0.600. The van der Waals surface area contributed by atoms with Gasteiger partial charge in [-0.25, -0.2) is 0 Å². The molecule has 2 unspecified atom stereocenters. The normalized spacial score (nSPS) is 15.3. The molecular formula is C15H26NO5+. The molecule has 2 N–H and O–H groups in total. The molecule has 0 radical (unpaired) electrons. The zero-order chi connectivity index (χ0) is 16.5. The highest BCUT2D eigenvalue weighted by Crippen LogP contribution is 2.08. The smallest absolute Gasteiger partial charge is 0.309 e. The standard InChI is InChI=1S/C15H25NO5/c1-5-6-7-8-12(17)9-15(20)21-13(10-14(18)19)11-16(2,3)4/h5-8,12-13,17H,9-11H2,1-4H3/p+1/b6-5+,8-7+. The van der Waals surface area contributed by atoms with Gasteiger partial charge in [0.05, 0.1) is 40.1 Å². The van der Waals surface area contributed by atoms with Crippen LogP contribution in [0.3, 0.4) is 0 Å². The Balaban J connectivity index is 4.48. The van der Waals surface area contributed by atoms with E-state index in [4.69, 9.17) is 9.84 Å². The monoisotopic (exact) mass is 300 g/mol. The van der Waals surface area contributed by atoms with E-state index in [1.807, 2.05) is 28.1 Å². The van der Waals surface area contributed by atoms with E-state index in [1.54, 1.807) is 18.2 Å². The molecule has 0 bridgehead atoms. The molecule has 0 saturated heterocycles. The number of hydrogen-bond acceptors (Lipinski definition) is 4. The molecule has 0 heterocycles. The van der Waals surface area contributed by atoms with Crippen LogP contribution in [0.4, 0.5) is 0 Å². The van der Waals surface area contributed by atoms with Crippen molar-refractivity contribution in [3.8, 4) is 0 Å². The third-order valence-corrected chi connectivity index (χ3v) is 2.46. The molecule has 0 rings (SSSR count). The van der Waals surface area contributed by atoms with Crippen molar-refractivity contribution in [2.24, 2.45) is 0 Å². The average molecular weight is 300 g/mol.